The summed E-state index contributed by atoms with van der Waals surface area (Å²) >= 11 is 5.86. The maximum atomic E-state index is 5.86. The van der Waals surface area contributed by atoms with Crippen LogP contribution in [0.4, 0.5) is 0 Å². The molecule has 17 heavy (non-hydrogen) atoms. The summed E-state index contributed by atoms with van der Waals surface area (Å²) in [6.45, 7) is 2.30. The van der Waals surface area contributed by atoms with Gasteiger partial charge in [0.1, 0.15) is 5.76 Å². The van der Waals surface area contributed by atoms with Crippen molar-refractivity contribution in [2.45, 2.75) is 45.1 Å². The fourth-order valence-corrected chi connectivity index (χ4v) is 3.26. The Kier molecular flexibility index (Phi) is 4.52. The smallest absolute Gasteiger partial charge is 0.193 e. The second-order valence-electron chi connectivity index (χ2n) is 5.11. The molecule has 1 fully saturated rings. The van der Waals surface area contributed by atoms with E-state index in [-0.39, 0.29) is 0 Å². The van der Waals surface area contributed by atoms with Crippen LogP contribution in [0.1, 0.15) is 50.8 Å². The summed E-state index contributed by atoms with van der Waals surface area (Å²) in [6.07, 6.45) is 6.63. The molecule has 1 aromatic heterocycles. The van der Waals surface area contributed by atoms with Gasteiger partial charge in [0.2, 0.25) is 0 Å². The molecule has 1 aromatic rings. The van der Waals surface area contributed by atoms with Gasteiger partial charge in [0.25, 0.3) is 0 Å². The molecule has 1 N–H and O–H groups in total. The van der Waals surface area contributed by atoms with E-state index in [9.17, 15) is 0 Å². The highest BCUT2D eigenvalue weighted by atomic mass is 35.5. The zero-order valence-corrected chi connectivity index (χ0v) is 11.5. The Labute approximate surface area is 109 Å². The third-order valence-corrected chi connectivity index (χ3v) is 4.29. The second kappa shape index (κ2) is 5.92. The molecule has 3 atom stereocenters. The number of hydrogen-bond acceptors (Lipinski definition) is 2. The molecule has 1 aliphatic carbocycles. The minimum Gasteiger partial charge on any atom is -0.448 e. The molecule has 0 radical (unpaired) electrons. The SMILES string of the molecule is CCC1CCCC(C(NC)c2ccc(Cl)o2)C1. The Hall–Kier alpha value is -0.470. The molecular formula is C14H22ClNO. The van der Waals surface area contributed by atoms with E-state index in [1.807, 2.05) is 19.2 Å². The van der Waals surface area contributed by atoms with Crippen molar-refractivity contribution < 1.29 is 4.42 Å². The summed E-state index contributed by atoms with van der Waals surface area (Å²) < 4.78 is 5.56. The predicted octanol–water partition coefficient (Wildman–Crippen LogP) is 4.41. The number of nitrogens with one attached hydrogen (secondary N) is 1. The molecule has 1 saturated carbocycles. The van der Waals surface area contributed by atoms with Crippen molar-refractivity contribution in [1.29, 1.82) is 0 Å². The van der Waals surface area contributed by atoms with Crippen LogP contribution in [0.25, 0.3) is 0 Å². The van der Waals surface area contributed by atoms with E-state index in [1.165, 1.54) is 32.1 Å². The van der Waals surface area contributed by atoms with Crippen molar-refractivity contribution in [2.24, 2.45) is 11.8 Å². The highest BCUT2D eigenvalue weighted by molar-refractivity contribution is 6.28. The Bertz CT molecular complexity index is 350. The molecule has 0 aliphatic heterocycles. The second-order valence-corrected chi connectivity index (χ2v) is 5.48. The van der Waals surface area contributed by atoms with Crippen molar-refractivity contribution in [3.05, 3.63) is 23.1 Å². The average molecular weight is 256 g/mol. The lowest BCUT2D eigenvalue weighted by Gasteiger charge is -2.33. The van der Waals surface area contributed by atoms with Crippen LogP contribution in [0.2, 0.25) is 5.22 Å². The molecule has 3 unspecified atom stereocenters. The van der Waals surface area contributed by atoms with Gasteiger partial charge in [-0.1, -0.05) is 26.2 Å². The predicted molar refractivity (Wildman–Crippen MR) is 71.3 cm³/mol. The minimum absolute atomic E-state index is 0.317. The van der Waals surface area contributed by atoms with Crippen LogP contribution in [-0.2, 0) is 0 Å². The summed E-state index contributed by atoms with van der Waals surface area (Å²) in [4.78, 5) is 0. The largest absolute Gasteiger partial charge is 0.448 e. The number of hydrogen-bond donors (Lipinski definition) is 1. The number of halogens is 1. The molecular weight excluding hydrogens is 234 g/mol. The van der Waals surface area contributed by atoms with E-state index in [1.54, 1.807) is 0 Å². The molecule has 0 bridgehead atoms. The zero-order chi connectivity index (χ0) is 12.3. The molecule has 0 saturated heterocycles. The van der Waals surface area contributed by atoms with E-state index < -0.39 is 0 Å². The van der Waals surface area contributed by atoms with Crippen molar-refractivity contribution in [3.8, 4) is 0 Å². The van der Waals surface area contributed by atoms with Crippen molar-refractivity contribution in [1.82, 2.24) is 5.32 Å². The highest BCUT2D eigenvalue weighted by Crippen LogP contribution is 2.38. The molecule has 1 heterocycles. The monoisotopic (exact) mass is 255 g/mol. The Morgan fingerprint density at radius 3 is 2.88 bits per heavy atom. The summed E-state index contributed by atoms with van der Waals surface area (Å²) in [5.74, 6) is 2.55. The molecule has 2 nitrogen and oxygen atoms in total. The van der Waals surface area contributed by atoms with Crippen LogP contribution >= 0.6 is 11.6 Å². The molecule has 3 heteroatoms. The summed E-state index contributed by atoms with van der Waals surface area (Å²) in [5.41, 5.74) is 0. The maximum absolute atomic E-state index is 5.86. The van der Waals surface area contributed by atoms with Gasteiger partial charge < -0.3 is 9.73 Å². The van der Waals surface area contributed by atoms with Gasteiger partial charge in [0, 0.05) is 0 Å². The minimum atomic E-state index is 0.317. The van der Waals surface area contributed by atoms with Gasteiger partial charge in [-0.3, -0.25) is 0 Å². The number of furan rings is 1. The van der Waals surface area contributed by atoms with E-state index in [2.05, 4.69) is 12.2 Å². The standard InChI is InChI=1S/C14H22ClNO/c1-3-10-5-4-6-11(9-10)14(16-2)12-7-8-13(15)17-12/h7-8,10-11,14,16H,3-6,9H2,1-2H3. The quantitative estimate of drug-likeness (QED) is 0.862. The van der Waals surface area contributed by atoms with Crippen LogP contribution in [0.15, 0.2) is 16.5 Å². The molecule has 1 aliphatic rings. The fraction of sp³-hybridized carbons (Fsp3) is 0.714. The van der Waals surface area contributed by atoms with Crippen LogP contribution in [0, 0.1) is 11.8 Å². The fourth-order valence-electron chi connectivity index (χ4n) is 3.11. The van der Waals surface area contributed by atoms with Gasteiger partial charge in [0.15, 0.2) is 5.22 Å². The first-order chi connectivity index (χ1) is 8.24. The van der Waals surface area contributed by atoms with Crippen LogP contribution in [0.5, 0.6) is 0 Å². The maximum Gasteiger partial charge on any atom is 0.193 e. The van der Waals surface area contributed by atoms with Gasteiger partial charge in [0.05, 0.1) is 6.04 Å². The zero-order valence-electron chi connectivity index (χ0n) is 10.7. The average Bonchev–Trinajstić information content (AvgIpc) is 2.77. The third kappa shape index (κ3) is 3.05. The number of rotatable bonds is 4. The van der Waals surface area contributed by atoms with Gasteiger partial charge in [-0.15, -0.1) is 0 Å². The normalized spacial score (nSPS) is 27.0. The van der Waals surface area contributed by atoms with Crippen LogP contribution in [-0.4, -0.2) is 7.05 Å². The van der Waals surface area contributed by atoms with Crippen molar-refractivity contribution in [2.75, 3.05) is 7.05 Å². The van der Waals surface area contributed by atoms with E-state index in [0.29, 0.717) is 17.2 Å². The third-order valence-electron chi connectivity index (χ3n) is 4.08. The molecule has 0 amide bonds. The first kappa shape index (κ1) is 13.0. The van der Waals surface area contributed by atoms with Crippen LogP contribution < -0.4 is 5.32 Å². The van der Waals surface area contributed by atoms with E-state index >= 15 is 0 Å². The molecule has 0 aromatic carbocycles. The van der Waals surface area contributed by atoms with Crippen LogP contribution in [0.3, 0.4) is 0 Å². The molecule has 2 rings (SSSR count). The summed E-state index contributed by atoms with van der Waals surface area (Å²) in [7, 11) is 2.01. The molecule has 96 valence electrons. The lowest BCUT2D eigenvalue weighted by Crippen LogP contribution is -2.29. The first-order valence-corrected chi connectivity index (χ1v) is 7.04. The van der Waals surface area contributed by atoms with E-state index in [4.69, 9.17) is 16.0 Å². The first-order valence-electron chi connectivity index (χ1n) is 6.67. The van der Waals surface area contributed by atoms with E-state index in [0.717, 1.165) is 11.7 Å². The lowest BCUT2D eigenvalue weighted by molar-refractivity contribution is 0.199. The Morgan fingerprint density at radius 1 is 1.47 bits per heavy atom. The highest BCUT2D eigenvalue weighted by Gasteiger charge is 2.29. The Balaban J connectivity index is 2.07. The van der Waals surface area contributed by atoms with Gasteiger partial charge in [-0.25, -0.2) is 0 Å². The van der Waals surface area contributed by atoms with Gasteiger partial charge in [-0.05, 0) is 55.5 Å². The Morgan fingerprint density at radius 2 is 2.29 bits per heavy atom. The van der Waals surface area contributed by atoms with Gasteiger partial charge >= 0.3 is 0 Å². The van der Waals surface area contributed by atoms with Crippen molar-refractivity contribution in [3.63, 3.8) is 0 Å². The van der Waals surface area contributed by atoms with Crippen molar-refractivity contribution >= 4 is 11.6 Å². The molecule has 0 spiro atoms. The summed E-state index contributed by atoms with van der Waals surface area (Å²) in [6, 6.07) is 4.15. The topological polar surface area (TPSA) is 25.2 Å². The van der Waals surface area contributed by atoms with Gasteiger partial charge in [-0.2, -0.15) is 0 Å². The summed E-state index contributed by atoms with van der Waals surface area (Å²) in [5, 5.41) is 3.88. The lowest BCUT2D eigenvalue weighted by atomic mass is 9.76.